The van der Waals surface area contributed by atoms with Crippen molar-refractivity contribution in [1.29, 1.82) is 0 Å². The second-order valence-electron chi connectivity index (χ2n) is 7.12. The largest absolute Gasteiger partial charge is 0.507 e. The van der Waals surface area contributed by atoms with Crippen molar-refractivity contribution in [2.75, 3.05) is 0 Å². The summed E-state index contributed by atoms with van der Waals surface area (Å²) in [4.78, 5) is 12.3. The number of phenolic OH excluding ortho intramolecular Hbond substituents is 1. The van der Waals surface area contributed by atoms with Crippen molar-refractivity contribution in [2.45, 2.75) is 27.2 Å². The van der Waals surface area contributed by atoms with Crippen molar-refractivity contribution in [1.82, 2.24) is 15.6 Å². The van der Waals surface area contributed by atoms with Gasteiger partial charge in [0.2, 0.25) is 0 Å². The number of carbonyl (C=O) groups excluding carboxylic acids is 1. The van der Waals surface area contributed by atoms with Gasteiger partial charge in [-0.15, -0.1) is 0 Å². The number of hydrogen-bond acceptors (Lipinski definition) is 4. The fourth-order valence-corrected chi connectivity index (χ4v) is 2.90. The molecule has 0 aliphatic heterocycles. The first-order valence-electron chi connectivity index (χ1n) is 9.21. The Morgan fingerprint density at radius 1 is 1.18 bits per heavy atom. The molecule has 1 amide bonds. The van der Waals surface area contributed by atoms with Crippen LogP contribution in [0.2, 0.25) is 0 Å². The molecule has 3 N–H and O–H groups in total. The summed E-state index contributed by atoms with van der Waals surface area (Å²) >= 11 is 0. The zero-order chi connectivity index (χ0) is 20.1. The fourth-order valence-electron chi connectivity index (χ4n) is 2.90. The number of para-hydroxylation sites is 1. The average Bonchev–Trinajstić information content (AvgIpc) is 3.16. The molecule has 0 aliphatic carbocycles. The maximum absolute atomic E-state index is 12.3. The summed E-state index contributed by atoms with van der Waals surface area (Å²) in [7, 11) is 0. The molecule has 6 nitrogen and oxygen atoms in total. The standard InChI is InChI=1S/C22H24N4O2/c1-14(2)12-16-8-10-17(11-9-16)19-13-20(25-24-19)22(28)26-23-15(3)18-6-4-5-7-21(18)27/h4-11,13-14,27H,12H2,1-3H3,(H,24,25)(H,26,28)/b23-15+. The number of rotatable bonds is 6. The SMILES string of the molecule is C/C(=N\NC(=O)c1cc(-c2ccc(CC(C)C)cc2)n[nH]1)c1ccccc1O. The summed E-state index contributed by atoms with van der Waals surface area (Å²) in [6, 6.07) is 16.7. The molecule has 0 radical (unpaired) electrons. The number of benzene rings is 2. The maximum atomic E-state index is 12.3. The smallest absolute Gasteiger partial charge is 0.289 e. The van der Waals surface area contributed by atoms with E-state index in [4.69, 9.17) is 0 Å². The van der Waals surface area contributed by atoms with Gasteiger partial charge in [-0.25, -0.2) is 5.43 Å². The lowest BCUT2D eigenvalue weighted by molar-refractivity contribution is 0.0950. The molecule has 28 heavy (non-hydrogen) atoms. The first-order chi connectivity index (χ1) is 13.4. The summed E-state index contributed by atoms with van der Waals surface area (Å²) in [5.41, 5.74) is 6.79. The first kappa shape index (κ1) is 19.4. The van der Waals surface area contributed by atoms with Crippen LogP contribution in [0, 0.1) is 5.92 Å². The molecule has 2 aromatic carbocycles. The number of carbonyl (C=O) groups is 1. The van der Waals surface area contributed by atoms with E-state index in [1.165, 1.54) is 5.56 Å². The van der Waals surface area contributed by atoms with Crippen molar-refractivity contribution < 1.29 is 9.90 Å². The van der Waals surface area contributed by atoms with Crippen molar-refractivity contribution >= 4 is 11.6 Å². The lowest BCUT2D eigenvalue weighted by atomic mass is 10.0. The first-order valence-corrected chi connectivity index (χ1v) is 9.21. The summed E-state index contributed by atoms with van der Waals surface area (Å²) in [5.74, 6) is 0.320. The van der Waals surface area contributed by atoms with Gasteiger partial charge in [0.05, 0.1) is 11.4 Å². The molecule has 0 bridgehead atoms. The third kappa shape index (κ3) is 4.65. The molecule has 0 unspecified atom stereocenters. The number of phenols is 1. The highest BCUT2D eigenvalue weighted by Crippen LogP contribution is 2.20. The maximum Gasteiger partial charge on any atom is 0.289 e. The Hall–Kier alpha value is -3.41. The Labute approximate surface area is 164 Å². The van der Waals surface area contributed by atoms with Crippen LogP contribution in [-0.2, 0) is 6.42 Å². The highest BCUT2D eigenvalue weighted by Gasteiger charge is 2.11. The second kappa shape index (κ2) is 8.52. The van der Waals surface area contributed by atoms with Crippen LogP contribution in [-0.4, -0.2) is 26.9 Å². The fraction of sp³-hybridized carbons (Fsp3) is 0.227. The zero-order valence-electron chi connectivity index (χ0n) is 16.2. The van der Waals surface area contributed by atoms with Crippen LogP contribution in [0.25, 0.3) is 11.3 Å². The minimum atomic E-state index is -0.398. The lowest BCUT2D eigenvalue weighted by Crippen LogP contribution is -2.19. The van der Waals surface area contributed by atoms with Gasteiger partial charge in [0.15, 0.2) is 0 Å². The van der Waals surface area contributed by atoms with E-state index in [1.54, 1.807) is 37.3 Å². The lowest BCUT2D eigenvalue weighted by Gasteiger charge is -2.05. The van der Waals surface area contributed by atoms with E-state index in [9.17, 15) is 9.90 Å². The Morgan fingerprint density at radius 3 is 2.57 bits per heavy atom. The van der Waals surface area contributed by atoms with Crippen LogP contribution in [0.4, 0.5) is 0 Å². The van der Waals surface area contributed by atoms with E-state index in [2.05, 4.69) is 46.7 Å². The summed E-state index contributed by atoms with van der Waals surface area (Å²) in [6.45, 7) is 6.10. The third-order valence-electron chi connectivity index (χ3n) is 4.34. The number of aromatic hydroxyl groups is 1. The van der Waals surface area contributed by atoms with Gasteiger partial charge in [-0.3, -0.25) is 9.89 Å². The van der Waals surface area contributed by atoms with E-state index in [0.29, 0.717) is 28.6 Å². The van der Waals surface area contributed by atoms with Crippen LogP contribution >= 0.6 is 0 Å². The topological polar surface area (TPSA) is 90.4 Å². The minimum absolute atomic E-state index is 0.114. The molecule has 0 saturated heterocycles. The quantitative estimate of drug-likeness (QED) is 0.446. The van der Waals surface area contributed by atoms with Gasteiger partial charge >= 0.3 is 0 Å². The monoisotopic (exact) mass is 376 g/mol. The van der Waals surface area contributed by atoms with Gasteiger partial charge in [0.25, 0.3) is 5.91 Å². The van der Waals surface area contributed by atoms with Crippen molar-refractivity contribution in [3.63, 3.8) is 0 Å². The molecule has 3 rings (SSSR count). The number of nitrogens with zero attached hydrogens (tertiary/aromatic N) is 2. The van der Waals surface area contributed by atoms with E-state index in [0.717, 1.165) is 12.0 Å². The predicted octanol–water partition coefficient (Wildman–Crippen LogP) is 4.13. The molecular weight excluding hydrogens is 352 g/mol. The normalized spacial score (nSPS) is 11.6. The highest BCUT2D eigenvalue weighted by molar-refractivity contribution is 6.02. The highest BCUT2D eigenvalue weighted by atomic mass is 16.3. The molecule has 1 heterocycles. The number of amides is 1. The van der Waals surface area contributed by atoms with Gasteiger partial charge in [-0.05, 0) is 43.0 Å². The van der Waals surface area contributed by atoms with Crippen LogP contribution in [0.15, 0.2) is 59.7 Å². The van der Waals surface area contributed by atoms with E-state index in [-0.39, 0.29) is 5.75 Å². The minimum Gasteiger partial charge on any atom is -0.507 e. The Bertz CT molecular complexity index is 988. The van der Waals surface area contributed by atoms with Crippen LogP contribution in [0.1, 0.15) is 42.4 Å². The van der Waals surface area contributed by atoms with Gasteiger partial charge in [-0.2, -0.15) is 10.2 Å². The molecule has 0 fully saturated rings. The molecule has 0 saturated carbocycles. The van der Waals surface area contributed by atoms with Gasteiger partial charge < -0.3 is 5.11 Å². The van der Waals surface area contributed by atoms with Gasteiger partial charge in [0.1, 0.15) is 11.4 Å². The van der Waals surface area contributed by atoms with Crippen LogP contribution < -0.4 is 5.43 Å². The van der Waals surface area contributed by atoms with Crippen molar-refractivity contribution in [3.8, 4) is 17.0 Å². The number of hydrogen-bond donors (Lipinski definition) is 3. The van der Waals surface area contributed by atoms with E-state index in [1.807, 2.05) is 12.1 Å². The Balaban J connectivity index is 1.69. The summed E-state index contributed by atoms with van der Waals surface area (Å²) in [5, 5.41) is 20.9. The molecule has 144 valence electrons. The van der Waals surface area contributed by atoms with Crippen molar-refractivity contribution in [2.24, 2.45) is 11.0 Å². The second-order valence-corrected chi connectivity index (χ2v) is 7.12. The van der Waals surface area contributed by atoms with Crippen molar-refractivity contribution in [3.05, 3.63) is 71.4 Å². The summed E-state index contributed by atoms with van der Waals surface area (Å²) in [6.07, 6.45) is 1.03. The van der Waals surface area contributed by atoms with E-state index < -0.39 is 5.91 Å². The Kier molecular flexibility index (Phi) is 5.89. The molecule has 0 spiro atoms. The molecule has 0 aliphatic rings. The van der Waals surface area contributed by atoms with Crippen LogP contribution in [0.5, 0.6) is 5.75 Å². The summed E-state index contributed by atoms with van der Waals surface area (Å²) < 4.78 is 0. The third-order valence-corrected chi connectivity index (χ3v) is 4.34. The number of nitrogens with one attached hydrogen (secondary N) is 2. The molecule has 6 heteroatoms. The molecular formula is C22H24N4O2. The van der Waals surface area contributed by atoms with E-state index >= 15 is 0 Å². The predicted molar refractivity (Wildman–Crippen MR) is 110 cm³/mol. The molecule has 0 atom stereocenters. The van der Waals surface area contributed by atoms with Gasteiger partial charge in [0, 0.05) is 11.1 Å². The van der Waals surface area contributed by atoms with Gasteiger partial charge in [-0.1, -0.05) is 50.2 Å². The Morgan fingerprint density at radius 2 is 1.89 bits per heavy atom. The molecule has 1 aromatic heterocycles. The number of aromatic amines is 1. The number of H-pyrrole nitrogens is 1. The zero-order valence-corrected chi connectivity index (χ0v) is 16.2. The van der Waals surface area contributed by atoms with Crippen LogP contribution in [0.3, 0.4) is 0 Å². The number of aromatic nitrogens is 2. The molecule has 3 aromatic rings. The number of hydrazone groups is 1. The average molecular weight is 376 g/mol.